The number of nitrogens with one attached hydrogen (secondary N) is 1. The zero-order chi connectivity index (χ0) is 25.9. The van der Waals surface area contributed by atoms with E-state index in [-0.39, 0.29) is 29.8 Å². The zero-order valence-electron chi connectivity index (χ0n) is 19.0. The van der Waals surface area contributed by atoms with Crippen molar-refractivity contribution in [2.75, 3.05) is 11.9 Å². The Morgan fingerprint density at radius 2 is 2.06 bits per heavy atom. The number of hydrogen-bond acceptors (Lipinski definition) is 10. The molecular formula is C23H25ClN4O6S2. The van der Waals surface area contributed by atoms with Crippen molar-refractivity contribution >= 4 is 44.8 Å². The number of carbonyl (C=O) groups excluding carboxylic acids is 1. The molecule has 1 aliphatic rings. The van der Waals surface area contributed by atoms with E-state index < -0.39 is 28.4 Å². The van der Waals surface area contributed by atoms with Crippen LogP contribution in [0.2, 0.25) is 4.34 Å². The summed E-state index contributed by atoms with van der Waals surface area (Å²) in [4.78, 5) is 21.8. The van der Waals surface area contributed by atoms with Gasteiger partial charge in [-0.25, -0.2) is 15.1 Å². The summed E-state index contributed by atoms with van der Waals surface area (Å²) < 4.78 is 27.1. The average Bonchev–Trinajstić information content (AvgIpc) is 3.39. The van der Waals surface area contributed by atoms with Crippen molar-refractivity contribution in [1.29, 1.82) is 0 Å². The van der Waals surface area contributed by atoms with E-state index in [1.165, 1.54) is 12.5 Å². The van der Waals surface area contributed by atoms with Gasteiger partial charge >= 0.3 is 10.3 Å². The number of ketones is 1. The minimum absolute atomic E-state index is 0.207. The molecule has 0 radical (unpaired) electrons. The fourth-order valence-corrected chi connectivity index (χ4v) is 5.88. The van der Waals surface area contributed by atoms with E-state index in [4.69, 9.17) is 16.7 Å². The number of anilines is 1. The molecule has 0 unspecified atom stereocenters. The van der Waals surface area contributed by atoms with E-state index in [1.54, 1.807) is 6.07 Å². The van der Waals surface area contributed by atoms with Crippen LogP contribution in [-0.4, -0.2) is 53.1 Å². The SMILES string of the molecule is NS(=O)(=O)OC[C@H]1C[C@@H](Nc2ncncc2C(=O)c2cc([C@H](O)Cc3ccccc3)c(Cl)s2)C[C@@H]1O. The Morgan fingerprint density at radius 1 is 1.31 bits per heavy atom. The van der Waals surface area contributed by atoms with Crippen LogP contribution in [0.3, 0.4) is 0 Å². The first-order chi connectivity index (χ1) is 17.1. The molecule has 3 aromatic rings. The summed E-state index contributed by atoms with van der Waals surface area (Å²) in [5, 5.41) is 29.0. The molecule has 0 saturated heterocycles. The van der Waals surface area contributed by atoms with Crippen LogP contribution in [0.5, 0.6) is 0 Å². The van der Waals surface area contributed by atoms with Crippen LogP contribution in [0.25, 0.3) is 0 Å². The van der Waals surface area contributed by atoms with Crippen molar-refractivity contribution in [2.24, 2.45) is 11.1 Å². The maximum Gasteiger partial charge on any atom is 0.333 e. The van der Waals surface area contributed by atoms with Gasteiger partial charge in [0.2, 0.25) is 5.78 Å². The minimum Gasteiger partial charge on any atom is -0.393 e. The maximum absolute atomic E-state index is 13.3. The first kappa shape index (κ1) is 26.6. The second kappa shape index (κ2) is 11.3. The summed E-state index contributed by atoms with van der Waals surface area (Å²) in [5.41, 5.74) is 1.62. The third kappa shape index (κ3) is 6.65. The van der Waals surface area contributed by atoms with E-state index in [0.717, 1.165) is 16.9 Å². The lowest BCUT2D eigenvalue weighted by Gasteiger charge is -2.15. The molecule has 13 heteroatoms. The van der Waals surface area contributed by atoms with Crippen LogP contribution < -0.4 is 10.5 Å². The van der Waals surface area contributed by atoms with Gasteiger partial charge in [-0.1, -0.05) is 41.9 Å². The Kier molecular flexibility index (Phi) is 8.35. The van der Waals surface area contributed by atoms with Crippen molar-refractivity contribution in [2.45, 2.75) is 37.5 Å². The van der Waals surface area contributed by atoms with Crippen LogP contribution in [0.4, 0.5) is 5.82 Å². The first-order valence-electron chi connectivity index (χ1n) is 11.1. The lowest BCUT2D eigenvalue weighted by Crippen LogP contribution is -2.24. The summed E-state index contributed by atoms with van der Waals surface area (Å²) >= 11 is 7.44. The van der Waals surface area contributed by atoms with Gasteiger partial charge in [-0.15, -0.1) is 11.3 Å². The number of hydrogen-bond donors (Lipinski definition) is 4. The number of aromatic nitrogens is 2. The average molecular weight is 553 g/mol. The fourth-order valence-electron chi connectivity index (χ4n) is 4.19. The molecule has 0 bridgehead atoms. The third-order valence-electron chi connectivity index (χ3n) is 5.97. The molecule has 1 fully saturated rings. The molecule has 5 N–H and O–H groups in total. The third-order valence-corrected chi connectivity index (χ3v) is 7.82. The molecule has 4 atom stereocenters. The summed E-state index contributed by atoms with van der Waals surface area (Å²) in [5.74, 6) is -0.543. The molecule has 4 rings (SSSR count). The predicted molar refractivity (Wildman–Crippen MR) is 135 cm³/mol. The molecule has 36 heavy (non-hydrogen) atoms. The van der Waals surface area contributed by atoms with Gasteiger partial charge in [0.05, 0.1) is 33.6 Å². The molecule has 0 spiro atoms. The van der Waals surface area contributed by atoms with E-state index in [2.05, 4.69) is 19.5 Å². The zero-order valence-corrected chi connectivity index (χ0v) is 21.3. The molecule has 2 heterocycles. The van der Waals surface area contributed by atoms with E-state index in [9.17, 15) is 23.4 Å². The summed E-state index contributed by atoms with van der Waals surface area (Å²) in [6.45, 7) is -0.241. The largest absolute Gasteiger partial charge is 0.393 e. The highest BCUT2D eigenvalue weighted by Crippen LogP contribution is 2.36. The van der Waals surface area contributed by atoms with Crippen LogP contribution in [0.15, 0.2) is 48.9 Å². The van der Waals surface area contributed by atoms with Gasteiger partial charge in [0.1, 0.15) is 12.1 Å². The molecule has 1 saturated carbocycles. The number of nitrogens with two attached hydrogens (primary N) is 1. The summed E-state index contributed by atoms with van der Waals surface area (Å²) in [7, 11) is -4.11. The topological polar surface area (TPSA) is 165 Å². The van der Waals surface area contributed by atoms with Crippen molar-refractivity contribution in [3.63, 3.8) is 0 Å². The Labute approximate surface area is 217 Å². The molecular weight excluding hydrogens is 528 g/mol. The van der Waals surface area contributed by atoms with Crippen molar-refractivity contribution in [3.05, 3.63) is 74.8 Å². The highest BCUT2D eigenvalue weighted by atomic mass is 35.5. The molecule has 1 aromatic carbocycles. The quantitative estimate of drug-likeness (QED) is 0.276. The van der Waals surface area contributed by atoms with Gasteiger partial charge in [-0.2, -0.15) is 8.42 Å². The lowest BCUT2D eigenvalue weighted by molar-refractivity contribution is 0.101. The Hall–Kier alpha value is -2.45. The second-order valence-electron chi connectivity index (χ2n) is 8.58. The van der Waals surface area contributed by atoms with Gasteiger partial charge in [0.15, 0.2) is 0 Å². The number of rotatable bonds is 10. The van der Waals surface area contributed by atoms with Crippen molar-refractivity contribution in [1.82, 2.24) is 9.97 Å². The van der Waals surface area contributed by atoms with Crippen LogP contribution >= 0.6 is 22.9 Å². The molecule has 0 aliphatic heterocycles. The highest BCUT2D eigenvalue weighted by molar-refractivity contribution is 7.84. The second-order valence-corrected chi connectivity index (χ2v) is 11.5. The van der Waals surface area contributed by atoms with E-state index in [1.807, 2.05) is 30.3 Å². The van der Waals surface area contributed by atoms with Crippen molar-refractivity contribution in [3.8, 4) is 0 Å². The molecule has 1 aliphatic carbocycles. The van der Waals surface area contributed by atoms with Gasteiger partial charge in [-0.3, -0.25) is 8.98 Å². The van der Waals surface area contributed by atoms with Crippen molar-refractivity contribution < 1.29 is 27.6 Å². The Balaban J connectivity index is 1.47. The van der Waals surface area contributed by atoms with E-state index >= 15 is 0 Å². The minimum atomic E-state index is -4.11. The number of aliphatic hydroxyl groups is 2. The standard InChI is InChI=1S/C23H25ClN4O6S2/c24-22-16(19(30)6-13-4-2-1-3-5-13)9-20(35-22)21(31)17-10-26-12-27-23(17)28-15-7-14(18(29)8-15)11-34-36(25,32)33/h1-5,9-10,12,14-15,18-19,29-30H,6-8,11H2,(H2,25,32,33)(H,26,27,28)/t14-,15-,18+,19-/m1/s1. The number of halogens is 1. The van der Waals surface area contributed by atoms with Gasteiger partial charge < -0.3 is 15.5 Å². The van der Waals surface area contributed by atoms with Gasteiger partial charge in [0, 0.05) is 30.1 Å². The highest BCUT2D eigenvalue weighted by Gasteiger charge is 2.35. The van der Waals surface area contributed by atoms with Gasteiger partial charge in [-0.05, 0) is 24.5 Å². The predicted octanol–water partition coefficient (Wildman–Crippen LogP) is 2.47. The summed E-state index contributed by atoms with van der Waals surface area (Å²) in [6.07, 6.45) is 2.04. The van der Waals surface area contributed by atoms with Gasteiger partial charge in [0.25, 0.3) is 0 Å². The monoisotopic (exact) mass is 552 g/mol. The van der Waals surface area contributed by atoms with Crippen LogP contribution in [0, 0.1) is 5.92 Å². The number of nitrogens with zero attached hydrogens (tertiary/aromatic N) is 2. The van der Waals surface area contributed by atoms with Crippen LogP contribution in [-0.2, 0) is 20.9 Å². The number of aliphatic hydroxyl groups excluding tert-OH is 2. The number of thiophene rings is 1. The normalized spacial score (nSPS) is 20.8. The summed E-state index contributed by atoms with van der Waals surface area (Å²) in [6, 6.07) is 10.8. The lowest BCUT2D eigenvalue weighted by atomic mass is 10.0. The maximum atomic E-state index is 13.3. The molecule has 192 valence electrons. The number of carbonyl (C=O) groups is 1. The smallest absolute Gasteiger partial charge is 0.333 e. The fraction of sp³-hybridized carbons (Fsp3) is 0.348. The molecule has 0 amide bonds. The Morgan fingerprint density at radius 3 is 2.78 bits per heavy atom. The Bertz CT molecular complexity index is 1320. The number of benzene rings is 1. The molecule has 10 nitrogen and oxygen atoms in total. The van der Waals surface area contributed by atoms with Crippen LogP contribution in [0.1, 0.15) is 45.3 Å². The first-order valence-corrected chi connectivity index (χ1v) is 13.7. The molecule has 2 aromatic heterocycles. The van der Waals surface area contributed by atoms with E-state index in [0.29, 0.717) is 34.0 Å².